The third kappa shape index (κ3) is 2.77. The molecule has 0 saturated carbocycles. The first kappa shape index (κ1) is 16.1. The van der Waals surface area contributed by atoms with Crippen LogP contribution in [0.15, 0.2) is 36.5 Å². The number of hydrogen-bond acceptors (Lipinski definition) is 3. The first-order chi connectivity index (χ1) is 12.2. The quantitative estimate of drug-likeness (QED) is 0.804. The molecule has 1 aromatic heterocycles. The predicted molar refractivity (Wildman–Crippen MR) is 96.2 cm³/mol. The lowest BCUT2D eigenvalue weighted by atomic mass is 9.91. The fourth-order valence-corrected chi connectivity index (χ4v) is 4.34. The average Bonchev–Trinajstić information content (AvgIpc) is 2.80. The zero-order valence-electron chi connectivity index (χ0n) is 14.5. The van der Waals surface area contributed by atoms with Crippen molar-refractivity contribution in [2.45, 2.75) is 44.2 Å². The molecule has 2 saturated heterocycles. The van der Waals surface area contributed by atoms with Crippen LogP contribution in [0.25, 0.3) is 10.9 Å². The maximum atomic E-state index is 13.4. The molecular weight excluding hydrogens is 314 g/mol. The lowest BCUT2D eigenvalue weighted by Gasteiger charge is -2.43. The minimum atomic E-state index is 0.0433. The summed E-state index contributed by atoms with van der Waals surface area (Å²) in [7, 11) is 1.89. The van der Waals surface area contributed by atoms with Gasteiger partial charge >= 0.3 is 0 Å². The largest absolute Gasteiger partial charge is 0.341 e. The van der Waals surface area contributed by atoms with Gasteiger partial charge in [0.05, 0.1) is 23.2 Å². The number of para-hydroxylation sites is 1. The first-order valence-electron chi connectivity index (χ1n) is 9.07. The summed E-state index contributed by atoms with van der Waals surface area (Å²) in [5.74, 6) is 0.246. The number of rotatable bonds is 1. The predicted octanol–water partition coefficient (Wildman–Crippen LogP) is 2.85. The highest BCUT2D eigenvalue weighted by Gasteiger charge is 2.39. The Hall–Kier alpha value is -2.43. The highest BCUT2D eigenvalue weighted by molar-refractivity contribution is 6.05. The molecule has 3 heterocycles. The molecule has 2 aliphatic heterocycles. The van der Waals surface area contributed by atoms with Gasteiger partial charge in [-0.05, 0) is 37.8 Å². The fraction of sp³-hybridized carbons (Fsp3) is 0.450. The van der Waals surface area contributed by atoms with E-state index in [2.05, 4.69) is 4.98 Å². The fourth-order valence-electron chi connectivity index (χ4n) is 4.34. The molecule has 0 bridgehead atoms. The highest BCUT2D eigenvalue weighted by Crippen LogP contribution is 2.31. The molecule has 1 aromatic carbocycles. The SMILES string of the molecule is CN1C(=O)CCC[C@@H]2[C@H]1CCCN2C(=O)c1cccc2cccnc12. The standard InChI is InChI=1S/C20H23N3O2/c1-22-16-10-5-13-23(17(16)9-3-11-18(22)24)20(25)15-8-2-6-14-7-4-12-21-19(14)15/h2,4,6-8,12,16-17H,3,5,9-11,13H2,1H3/t16-,17-/m1/s1. The Bertz CT molecular complexity index is 814. The molecule has 4 rings (SSSR count). The number of benzene rings is 1. The number of fused-ring (bicyclic) bond motifs is 2. The Kier molecular flexibility index (Phi) is 4.15. The second-order valence-electron chi connectivity index (χ2n) is 7.05. The third-order valence-corrected chi connectivity index (χ3v) is 5.65. The third-order valence-electron chi connectivity index (χ3n) is 5.65. The number of piperidine rings is 1. The summed E-state index contributed by atoms with van der Waals surface area (Å²) in [5, 5.41) is 0.982. The number of nitrogens with zero attached hydrogens (tertiary/aromatic N) is 3. The number of likely N-dealkylation sites (N-methyl/N-ethyl adjacent to an activating group) is 1. The summed E-state index contributed by atoms with van der Waals surface area (Å²) >= 11 is 0. The van der Waals surface area contributed by atoms with Gasteiger partial charge in [0.2, 0.25) is 5.91 Å². The van der Waals surface area contributed by atoms with Gasteiger partial charge in [0.15, 0.2) is 0 Å². The van der Waals surface area contributed by atoms with Crippen LogP contribution in [0.2, 0.25) is 0 Å². The molecule has 5 nitrogen and oxygen atoms in total. The van der Waals surface area contributed by atoms with Gasteiger partial charge in [-0.2, -0.15) is 0 Å². The normalized spacial score (nSPS) is 24.1. The van der Waals surface area contributed by atoms with E-state index in [9.17, 15) is 9.59 Å². The number of aromatic nitrogens is 1. The lowest BCUT2D eigenvalue weighted by Crippen LogP contribution is -2.56. The maximum absolute atomic E-state index is 13.4. The van der Waals surface area contributed by atoms with Crippen LogP contribution in [0, 0.1) is 0 Å². The van der Waals surface area contributed by atoms with Gasteiger partial charge in [-0.15, -0.1) is 0 Å². The van der Waals surface area contributed by atoms with Crippen molar-refractivity contribution < 1.29 is 9.59 Å². The van der Waals surface area contributed by atoms with Crippen molar-refractivity contribution in [2.24, 2.45) is 0 Å². The van der Waals surface area contributed by atoms with Gasteiger partial charge in [-0.25, -0.2) is 0 Å². The van der Waals surface area contributed by atoms with E-state index in [1.54, 1.807) is 6.20 Å². The van der Waals surface area contributed by atoms with E-state index >= 15 is 0 Å². The van der Waals surface area contributed by atoms with Crippen LogP contribution >= 0.6 is 0 Å². The van der Waals surface area contributed by atoms with Crippen LogP contribution in [0.4, 0.5) is 0 Å². The van der Waals surface area contributed by atoms with Crippen LogP contribution in [0.5, 0.6) is 0 Å². The minimum Gasteiger partial charge on any atom is -0.341 e. The zero-order valence-corrected chi connectivity index (χ0v) is 14.5. The number of carbonyl (C=O) groups is 2. The molecular formula is C20H23N3O2. The van der Waals surface area contributed by atoms with Crippen LogP contribution in [-0.4, -0.2) is 52.3 Å². The smallest absolute Gasteiger partial charge is 0.256 e. The summed E-state index contributed by atoms with van der Waals surface area (Å²) in [6.07, 6.45) is 5.97. The van der Waals surface area contributed by atoms with Crippen molar-refractivity contribution in [3.8, 4) is 0 Å². The van der Waals surface area contributed by atoms with Gasteiger partial charge in [0, 0.05) is 31.6 Å². The van der Waals surface area contributed by atoms with E-state index in [-0.39, 0.29) is 23.9 Å². The van der Waals surface area contributed by atoms with E-state index in [4.69, 9.17) is 0 Å². The highest BCUT2D eigenvalue weighted by atomic mass is 16.2. The molecule has 0 spiro atoms. The number of amides is 2. The topological polar surface area (TPSA) is 53.5 Å². The number of pyridine rings is 1. The van der Waals surface area contributed by atoms with Crippen molar-refractivity contribution in [2.75, 3.05) is 13.6 Å². The maximum Gasteiger partial charge on any atom is 0.256 e. The zero-order chi connectivity index (χ0) is 17.4. The molecule has 2 atom stereocenters. The van der Waals surface area contributed by atoms with E-state index < -0.39 is 0 Å². The van der Waals surface area contributed by atoms with Crippen molar-refractivity contribution in [1.82, 2.24) is 14.8 Å². The summed E-state index contributed by atoms with van der Waals surface area (Å²) < 4.78 is 0. The molecule has 0 N–H and O–H groups in total. The molecule has 2 aromatic rings. The van der Waals surface area contributed by atoms with Gasteiger partial charge in [-0.1, -0.05) is 18.2 Å². The van der Waals surface area contributed by atoms with Gasteiger partial charge in [0.25, 0.3) is 5.91 Å². The Labute approximate surface area is 147 Å². The molecule has 2 aliphatic rings. The summed E-state index contributed by atoms with van der Waals surface area (Å²) in [4.78, 5) is 33.9. The van der Waals surface area contributed by atoms with Crippen LogP contribution in [0.3, 0.4) is 0 Å². The second kappa shape index (κ2) is 6.47. The Morgan fingerprint density at radius 2 is 1.92 bits per heavy atom. The van der Waals surface area contributed by atoms with Gasteiger partial charge in [0.1, 0.15) is 0 Å². The minimum absolute atomic E-state index is 0.0433. The molecule has 130 valence electrons. The van der Waals surface area contributed by atoms with Crippen LogP contribution < -0.4 is 0 Å². The Morgan fingerprint density at radius 3 is 2.80 bits per heavy atom. The second-order valence-corrected chi connectivity index (χ2v) is 7.05. The van der Waals surface area contributed by atoms with E-state index in [1.165, 1.54) is 0 Å². The summed E-state index contributed by atoms with van der Waals surface area (Å²) in [6, 6.07) is 9.88. The molecule has 0 unspecified atom stereocenters. The summed E-state index contributed by atoms with van der Waals surface area (Å²) in [6.45, 7) is 0.755. The van der Waals surface area contributed by atoms with Crippen LogP contribution in [-0.2, 0) is 4.79 Å². The van der Waals surface area contributed by atoms with E-state index in [1.807, 2.05) is 47.2 Å². The monoisotopic (exact) mass is 337 g/mol. The molecule has 2 fully saturated rings. The number of carbonyl (C=O) groups excluding carboxylic acids is 2. The first-order valence-corrected chi connectivity index (χ1v) is 9.07. The molecule has 2 amide bonds. The Morgan fingerprint density at radius 1 is 1.12 bits per heavy atom. The average molecular weight is 337 g/mol. The molecule has 0 aliphatic carbocycles. The number of likely N-dealkylation sites (tertiary alicyclic amines) is 2. The van der Waals surface area contributed by atoms with E-state index in [0.29, 0.717) is 12.0 Å². The lowest BCUT2D eigenvalue weighted by molar-refractivity contribution is -0.132. The molecule has 5 heteroatoms. The summed E-state index contributed by atoms with van der Waals surface area (Å²) in [5.41, 5.74) is 1.42. The molecule has 25 heavy (non-hydrogen) atoms. The number of hydrogen-bond donors (Lipinski definition) is 0. The van der Waals surface area contributed by atoms with Crippen molar-refractivity contribution in [1.29, 1.82) is 0 Å². The molecule has 0 radical (unpaired) electrons. The van der Waals surface area contributed by atoms with Crippen molar-refractivity contribution in [3.05, 3.63) is 42.1 Å². The van der Waals surface area contributed by atoms with Crippen molar-refractivity contribution >= 4 is 22.7 Å². The van der Waals surface area contributed by atoms with Crippen molar-refractivity contribution in [3.63, 3.8) is 0 Å². The van der Waals surface area contributed by atoms with Crippen LogP contribution in [0.1, 0.15) is 42.5 Å². The van der Waals surface area contributed by atoms with Gasteiger partial charge < -0.3 is 9.80 Å². The van der Waals surface area contributed by atoms with E-state index in [0.717, 1.165) is 43.1 Å². The Balaban J connectivity index is 1.70. The van der Waals surface area contributed by atoms with Gasteiger partial charge in [-0.3, -0.25) is 14.6 Å².